The summed E-state index contributed by atoms with van der Waals surface area (Å²) in [5.74, 6) is 0.566. The van der Waals surface area contributed by atoms with E-state index in [1.165, 1.54) is 4.57 Å². The first-order chi connectivity index (χ1) is 14.0. The molecular formula is C22H19N5O2. The topological polar surface area (TPSA) is 83.1 Å². The molecule has 1 aliphatic rings. The SMILES string of the molecule is CN(C)CCn1c(O)c2cc3c(c4cccc(c1=O)c24)=NC(c1ccncc1)=N3. The van der Waals surface area contributed by atoms with Crippen LogP contribution in [0.1, 0.15) is 5.56 Å². The number of pyridine rings is 2. The van der Waals surface area contributed by atoms with Crippen LogP contribution in [0.2, 0.25) is 0 Å². The molecule has 7 heteroatoms. The Labute approximate surface area is 166 Å². The smallest absolute Gasteiger partial charge is 0.261 e. The molecule has 0 radical (unpaired) electrons. The van der Waals surface area contributed by atoms with E-state index < -0.39 is 0 Å². The minimum Gasteiger partial charge on any atom is -0.494 e. The minimum absolute atomic E-state index is 0.0316. The molecule has 3 heterocycles. The molecule has 7 nitrogen and oxygen atoms in total. The number of aliphatic imine (C=N–C) groups is 1. The first-order valence-electron chi connectivity index (χ1n) is 9.38. The van der Waals surface area contributed by atoms with Gasteiger partial charge in [0.15, 0.2) is 5.84 Å². The van der Waals surface area contributed by atoms with E-state index in [1.54, 1.807) is 18.5 Å². The van der Waals surface area contributed by atoms with Crippen molar-refractivity contribution in [1.29, 1.82) is 0 Å². The minimum atomic E-state index is -0.198. The van der Waals surface area contributed by atoms with Crippen LogP contribution in [0.4, 0.5) is 5.69 Å². The Hall–Kier alpha value is -3.58. The molecule has 1 N–H and O–H groups in total. The van der Waals surface area contributed by atoms with Gasteiger partial charge in [-0.3, -0.25) is 14.3 Å². The predicted octanol–water partition coefficient (Wildman–Crippen LogP) is 2.25. The van der Waals surface area contributed by atoms with Gasteiger partial charge >= 0.3 is 0 Å². The Bertz CT molecular complexity index is 1400. The van der Waals surface area contributed by atoms with E-state index in [4.69, 9.17) is 4.99 Å². The number of fused-ring (bicyclic) bond motifs is 2. The van der Waals surface area contributed by atoms with Gasteiger partial charge in [0.1, 0.15) is 0 Å². The van der Waals surface area contributed by atoms with Gasteiger partial charge in [-0.1, -0.05) is 12.1 Å². The average molecular weight is 385 g/mol. The number of hydrogen-bond donors (Lipinski definition) is 1. The summed E-state index contributed by atoms with van der Waals surface area (Å²) in [5.41, 5.74) is 1.36. The number of amidine groups is 1. The van der Waals surface area contributed by atoms with Crippen LogP contribution in [-0.2, 0) is 6.54 Å². The van der Waals surface area contributed by atoms with Crippen LogP contribution in [0.15, 0.2) is 63.6 Å². The zero-order chi connectivity index (χ0) is 20.1. The summed E-state index contributed by atoms with van der Waals surface area (Å²) < 4.78 is 1.43. The molecule has 5 rings (SSSR count). The molecule has 4 aromatic rings. The normalized spacial score (nSPS) is 13.1. The molecule has 0 bridgehead atoms. The van der Waals surface area contributed by atoms with Crippen LogP contribution >= 0.6 is 0 Å². The fourth-order valence-corrected chi connectivity index (χ4v) is 3.78. The second-order valence-corrected chi connectivity index (χ2v) is 7.39. The summed E-state index contributed by atoms with van der Waals surface area (Å²) in [4.78, 5) is 28.5. The molecule has 0 amide bonds. The maximum absolute atomic E-state index is 13.1. The highest BCUT2D eigenvalue weighted by Crippen LogP contribution is 2.33. The van der Waals surface area contributed by atoms with Crippen molar-refractivity contribution in [3.05, 3.63) is 70.1 Å². The van der Waals surface area contributed by atoms with Gasteiger partial charge in [0.05, 0.1) is 11.0 Å². The van der Waals surface area contributed by atoms with Crippen LogP contribution in [0.3, 0.4) is 0 Å². The summed E-state index contributed by atoms with van der Waals surface area (Å²) in [6.07, 6.45) is 3.40. The van der Waals surface area contributed by atoms with Crippen LogP contribution in [0.5, 0.6) is 5.88 Å². The summed E-state index contributed by atoms with van der Waals surface area (Å²) in [5, 5.41) is 14.4. The summed E-state index contributed by atoms with van der Waals surface area (Å²) >= 11 is 0. The highest BCUT2D eigenvalue weighted by atomic mass is 16.3. The van der Waals surface area contributed by atoms with Crippen molar-refractivity contribution in [1.82, 2.24) is 14.5 Å². The van der Waals surface area contributed by atoms with Gasteiger partial charge in [-0.25, -0.2) is 9.98 Å². The molecule has 2 aromatic heterocycles. The molecule has 0 unspecified atom stereocenters. The highest BCUT2D eigenvalue weighted by Gasteiger charge is 2.20. The van der Waals surface area contributed by atoms with Crippen LogP contribution in [0, 0.1) is 0 Å². The molecule has 29 heavy (non-hydrogen) atoms. The van der Waals surface area contributed by atoms with E-state index in [0.717, 1.165) is 21.7 Å². The molecule has 0 atom stereocenters. The number of nitrogens with zero attached hydrogens (tertiary/aromatic N) is 5. The number of benzene rings is 2. The lowest BCUT2D eigenvalue weighted by Crippen LogP contribution is -2.27. The van der Waals surface area contributed by atoms with Crippen molar-refractivity contribution >= 4 is 33.1 Å². The predicted molar refractivity (Wildman–Crippen MR) is 113 cm³/mol. The Morgan fingerprint density at radius 1 is 1.03 bits per heavy atom. The fraction of sp³-hybridized carbons (Fsp3) is 0.182. The Morgan fingerprint density at radius 3 is 2.55 bits per heavy atom. The van der Waals surface area contributed by atoms with Gasteiger partial charge in [0.2, 0.25) is 5.88 Å². The molecule has 0 aliphatic carbocycles. The lowest BCUT2D eigenvalue weighted by molar-refractivity contribution is 0.353. The maximum Gasteiger partial charge on any atom is 0.261 e. The highest BCUT2D eigenvalue weighted by molar-refractivity contribution is 6.14. The molecule has 144 valence electrons. The van der Waals surface area contributed by atoms with Crippen LogP contribution < -0.4 is 10.9 Å². The molecular weight excluding hydrogens is 366 g/mol. The van der Waals surface area contributed by atoms with E-state index in [9.17, 15) is 9.90 Å². The van der Waals surface area contributed by atoms with Gasteiger partial charge in [-0.15, -0.1) is 0 Å². The number of hydrogen-bond acceptors (Lipinski definition) is 6. The van der Waals surface area contributed by atoms with Crippen LogP contribution in [0.25, 0.3) is 21.5 Å². The van der Waals surface area contributed by atoms with Crippen molar-refractivity contribution < 1.29 is 5.11 Å². The van der Waals surface area contributed by atoms with Gasteiger partial charge in [-0.2, -0.15) is 0 Å². The van der Waals surface area contributed by atoms with E-state index in [2.05, 4.69) is 9.98 Å². The number of aromatic hydroxyl groups is 1. The van der Waals surface area contributed by atoms with Crippen molar-refractivity contribution in [3.8, 4) is 5.88 Å². The third-order valence-electron chi connectivity index (χ3n) is 5.24. The van der Waals surface area contributed by atoms with Gasteiger partial charge in [0.25, 0.3) is 5.56 Å². The number of rotatable bonds is 4. The van der Waals surface area contributed by atoms with Crippen molar-refractivity contribution in [3.63, 3.8) is 0 Å². The molecule has 0 fully saturated rings. The zero-order valence-electron chi connectivity index (χ0n) is 16.1. The summed E-state index contributed by atoms with van der Waals surface area (Å²) in [6, 6.07) is 11.1. The number of likely N-dealkylation sites (N-methyl/N-ethyl adjacent to an activating group) is 1. The lowest BCUT2D eigenvalue weighted by Gasteiger charge is -2.16. The third-order valence-corrected chi connectivity index (χ3v) is 5.24. The Kier molecular flexibility index (Phi) is 3.92. The van der Waals surface area contributed by atoms with Crippen molar-refractivity contribution in [2.75, 3.05) is 20.6 Å². The molecule has 0 saturated heterocycles. The van der Waals surface area contributed by atoms with E-state index >= 15 is 0 Å². The number of aromatic nitrogens is 2. The van der Waals surface area contributed by atoms with Crippen molar-refractivity contribution in [2.24, 2.45) is 9.98 Å². The standard InChI is InChI=1S/C22H19N5O2/c1-26(2)10-11-27-21(28)15-5-3-4-14-18(15)16(22(27)29)12-17-19(14)25-20(24-17)13-6-8-23-9-7-13/h3-9,12,29H,10-11H2,1-2H3. The van der Waals surface area contributed by atoms with Gasteiger partial charge in [0, 0.05) is 52.6 Å². The summed E-state index contributed by atoms with van der Waals surface area (Å²) in [7, 11) is 3.87. The van der Waals surface area contributed by atoms with Gasteiger partial charge < -0.3 is 10.0 Å². The van der Waals surface area contributed by atoms with Crippen LogP contribution in [-0.4, -0.2) is 46.0 Å². The maximum atomic E-state index is 13.1. The lowest BCUT2D eigenvalue weighted by atomic mass is 10.0. The summed E-state index contributed by atoms with van der Waals surface area (Å²) in [6.45, 7) is 1.05. The zero-order valence-corrected chi connectivity index (χ0v) is 16.1. The monoisotopic (exact) mass is 385 g/mol. The molecule has 0 spiro atoms. The van der Waals surface area contributed by atoms with E-state index in [-0.39, 0.29) is 11.4 Å². The van der Waals surface area contributed by atoms with Crippen molar-refractivity contribution in [2.45, 2.75) is 6.54 Å². The second kappa shape index (κ2) is 6.49. The Morgan fingerprint density at radius 2 is 1.79 bits per heavy atom. The van der Waals surface area contributed by atoms with E-state index in [0.29, 0.717) is 35.4 Å². The second-order valence-electron chi connectivity index (χ2n) is 7.39. The quantitative estimate of drug-likeness (QED) is 0.584. The first kappa shape index (κ1) is 17.5. The Balaban J connectivity index is 1.81. The average Bonchev–Trinajstić information content (AvgIpc) is 3.16. The molecule has 2 aromatic carbocycles. The largest absolute Gasteiger partial charge is 0.494 e. The third kappa shape index (κ3) is 2.70. The fourth-order valence-electron chi connectivity index (χ4n) is 3.78. The van der Waals surface area contributed by atoms with E-state index in [1.807, 2.05) is 49.3 Å². The first-order valence-corrected chi connectivity index (χ1v) is 9.38. The molecule has 1 aliphatic heterocycles. The van der Waals surface area contributed by atoms with Gasteiger partial charge in [-0.05, 0) is 38.4 Å². The molecule has 0 saturated carbocycles.